The SMILES string of the molecule is CC(=O)O.CCc1cc(OCCO)c(F)c(C(Nc2ccc3c(c2)CN=C3N)c2nn(-c3ncccc3N)c(=O)[nH]2)c1. The fourth-order valence-electron chi connectivity index (χ4n) is 4.33. The van der Waals surface area contributed by atoms with E-state index in [1.54, 1.807) is 30.3 Å². The number of H-pyrrole nitrogens is 1. The summed E-state index contributed by atoms with van der Waals surface area (Å²) in [6, 6.07) is 11.1. The second-order valence-corrected chi connectivity index (χ2v) is 9.24. The molecule has 0 amide bonds. The molecule has 0 aliphatic carbocycles. The van der Waals surface area contributed by atoms with Crippen molar-refractivity contribution in [3.63, 3.8) is 0 Å². The number of nitrogens with one attached hydrogen (secondary N) is 2. The molecule has 0 saturated carbocycles. The van der Waals surface area contributed by atoms with E-state index in [0.717, 1.165) is 28.3 Å². The van der Waals surface area contributed by atoms with Gasteiger partial charge in [0.1, 0.15) is 18.5 Å². The molecule has 220 valence electrons. The molecule has 1 aliphatic heterocycles. The van der Waals surface area contributed by atoms with Gasteiger partial charge in [0.2, 0.25) is 0 Å². The molecule has 0 radical (unpaired) electrons. The average Bonchev–Trinajstić information content (AvgIpc) is 3.53. The quantitative estimate of drug-likeness (QED) is 0.170. The summed E-state index contributed by atoms with van der Waals surface area (Å²) in [5.74, 6) is -0.734. The number of aliphatic hydroxyl groups is 1. The van der Waals surface area contributed by atoms with Crippen molar-refractivity contribution in [2.24, 2.45) is 10.7 Å². The number of pyridine rings is 1. The van der Waals surface area contributed by atoms with E-state index in [0.29, 0.717) is 24.5 Å². The number of hydrogen-bond acceptors (Lipinski definition) is 10. The lowest BCUT2D eigenvalue weighted by Crippen LogP contribution is -2.18. The second-order valence-electron chi connectivity index (χ2n) is 9.24. The van der Waals surface area contributed by atoms with Crippen LogP contribution in [0.3, 0.4) is 0 Å². The fraction of sp³-hybridized carbons (Fsp3) is 0.250. The third kappa shape index (κ3) is 6.55. The first kappa shape index (κ1) is 29.7. The molecule has 0 saturated heterocycles. The number of fused-ring (bicyclic) bond motifs is 1. The number of amidine groups is 1. The summed E-state index contributed by atoms with van der Waals surface area (Å²) < 4.78 is 22.4. The molecule has 4 aromatic rings. The van der Waals surface area contributed by atoms with E-state index in [1.807, 2.05) is 19.1 Å². The maximum Gasteiger partial charge on any atom is 0.349 e. The van der Waals surface area contributed by atoms with E-state index < -0.39 is 23.5 Å². The summed E-state index contributed by atoms with van der Waals surface area (Å²) in [7, 11) is 0. The van der Waals surface area contributed by atoms with Crippen molar-refractivity contribution >= 4 is 23.2 Å². The molecule has 2 aromatic heterocycles. The number of ether oxygens (including phenoxy) is 1. The van der Waals surface area contributed by atoms with Crippen LogP contribution in [0.2, 0.25) is 0 Å². The number of carbonyl (C=O) groups is 1. The number of nitrogens with two attached hydrogens (primary N) is 2. The molecule has 1 aliphatic rings. The first-order valence-electron chi connectivity index (χ1n) is 13.0. The highest BCUT2D eigenvalue weighted by Gasteiger charge is 2.27. The minimum absolute atomic E-state index is 0.00826. The number of aliphatic carboxylic acids is 1. The van der Waals surface area contributed by atoms with Gasteiger partial charge in [-0.05, 0) is 53.9 Å². The predicted octanol–water partition coefficient (Wildman–Crippen LogP) is 2.12. The maximum absolute atomic E-state index is 15.9. The van der Waals surface area contributed by atoms with E-state index in [2.05, 4.69) is 25.4 Å². The van der Waals surface area contributed by atoms with Gasteiger partial charge in [-0.3, -0.25) is 14.8 Å². The monoisotopic (exact) mass is 578 g/mol. The van der Waals surface area contributed by atoms with E-state index >= 15 is 4.39 Å². The van der Waals surface area contributed by atoms with Crippen LogP contribution in [0, 0.1) is 5.82 Å². The summed E-state index contributed by atoms with van der Waals surface area (Å²) in [6.45, 7) is 3.11. The Labute approximate surface area is 239 Å². The van der Waals surface area contributed by atoms with Gasteiger partial charge in [0.05, 0.1) is 18.8 Å². The van der Waals surface area contributed by atoms with Gasteiger partial charge in [0.15, 0.2) is 23.2 Å². The number of anilines is 2. The Kier molecular flexibility index (Phi) is 9.17. The van der Waals surface area contributed by atoms with Crippen molar-refractivity contribution in [1.82, 2.24) is 19.7 Å². The number of aliphatic imine (C=N–C) groups is 1. The van der Waals surface area contributed by atoms with Crippen molar-refractivity contribution in [3.8, 4) is 11.6 Å². The highest BCUT2D eigenvalue weighted by molar-refractivity contribution is 6.01. The normalized spacial score (nSPS) is 12.5. The number of benzene rings is 2. The van der Waals surface area contributed by atoms with Crippen molar-refractivity contribution in [3.05, 3.63) is 93.0 Å². The molecule has 3 heterocycles. The van der Waals surface area contributed by atoms with Crippen molar-refractivity contribution in [2.45, 2.75) is 32.9 Å². The van der Waals surface area contributed by atoms with Gasteiger partial charge in [-0.15, -0.1) is 5.10 Å². The number of rotatable bonds is 9. The summed E-state index contributed by atoms with van der Waals surface area (Å²) in [4.78, 5) is 33.1. The third-order valence-corrected chi connectivity index (χ3v) is 6.23. The number of halogens is 1. The van der Waals surface area contributed by atoms with Crippen molar-refractivity contribution in [2.75, 3.05) is 24.3 Å². The lowest BCUT2D eigenvalue weighted by Gasteiger charge is -2.21. The van der Waals surface area contributed by atoms with Crippen LogP contribution in [0.25, 0.3) is 5.82 Å². The summed E-state index contributed by atoms with van der Waals surface area (Å²) in [6.07, 6.45) is 2.09. The Balaban J connectivity index is 0.000000952. The molecule has 5 rings (SSSR count). The zero-order chi connectivity index (χ0) is 30.4. The maximum atomic E-state index is 15.9. The Hall–Kier alpha value is -5.24. The Morgan fingerprint density at radius 1 is 1.26 bits per heavy atom. The van der Waals surface area contributed by atoms with Gasteiger partial charge in [0.25, 0.3) is 5.97 Å². The lowest BCUT2D eigenvalue weighted by atomic mass is 9.99. The number of aromatic amines is 1. The summed E-state index contributed by atoms with van der Waals surface area (Å²) in [5, 5.41) is 24.4. The number of nitrogen functional groups attached to an aromatic ring is 1. The first-order valence-corrected chi connectivity index (χ1v) is 13.0. The molecule has 42 heavy (non-hydrogen) atoms. The van der Waals surface area contributed by atoms with E-state index in [4.69, 9.17) is 26.1 Å². The summed E-state index contributed by atoms with van der Waals surface area (Å²) in [5.41, 5.74) is 15.0. The molecule has 1 unspecified atom stereocenters. The predicted molar refractivity (Wildman–Crippen MR) is 154 cm³/mol. The highest BCUT2D eigenvalue weighted by atomic mass is 19.1. The van der Waals surface area contributed by atoms with Crippen molar-refractivity contribution < 1.29 is 24.1 Å². The molecule has 0 fully saturated rings. The van der Waals surface area contributed by atoms with Crippen LogP contribution in [0.1, 0.15) is 48.0 Å². The van der Waals surface area contributed by atoms with Gasteiger partial charge in [-0.1, -0.05) is 13.0 Å². The van der Waals surface area contributed by atoms with Crippen LogP contribution in [-0.4, -0.2) is 55.0 Å². The lowest BCUT2D eigenvalue weighted by molar-refractivity contribution is -0.134. The third-order valence-electron chi connectivity index (χ3n) is 6.23. The molecule has 0 spiro atoms. The number of carboxylic acids is 1. The standard InChI is InChI=1S/C26H27FN8O3.C2H4O2/c1-2-14-10-18(21(27)20(11-14)38-9-8-36)22(32-16-5-6-17-15(12-16)13-31-23(17)29)24-33-26(37)35(34-24)25-19(28)4-3-7-30-25;1-2(3)4/h3-7,10-12,22,32,36H,2,8-9,13,28H2,1H3,(H2,29,31)(H,33,34,37);1H3,(H,3,4). The Morgan fingerprint density at radius 3 is 2.71 bits per heavy atom. The number of nitrogens with zero attached hydrogens (tertiary/aromatic N) is 4. The molecular formula is C28H31FN8O5. The average molecular weight is 579 g/mol. The van der Waals surface area contributed by atoms with Crippen LogP contribution in [0.4, 0.5) is 15.8 Å². The Bertz CT molecular complexity index is 1680. The van der Waals surface area contributed by atoms with Crippen molar-refractivity contribution in [1.29, 1.82) is 0 Å². The number of hydrogen-bond donors (Lipinski definition) is 6. The number of carboxylic acid groups (broad SMARTS) is 1. The second kappa shape index (κ2) is 13.0. The minimum Gasteiger partial charge on any atom is -0.488 e. The van der Waals surface area contributed by atoms with Gasteiger partial charge >= 0.3 is 5.69 Å². The van der Waals surface area contributed by atoms with E-state index in [-0.39, 0.29) is 41.9 Å². The molecule has 8 N–H and O–H groups in total. The topological polar surface area (TPSA) is 207 Å². The van der Waals surface area contributed by atoms with Gasteiger partial charge < -0.3 is 31.7 Å². The minimum atomic E-state index is -0.936. The zero-order valence-electron chi connectivity index (χ0n) is 23.0. The molecule has 2 aromatic carbocycles. The molecule has 13 nitrogen and oxygen atoms in total. The highest BCUT2D eigenvalue weighted by Crippen LogP contribution is 2.33. The molecular weight excluding hydrogens is 547 g/mol. The van der Waals surface area contributed by atoms with Crippen LogP contribution < -0.4 is 27.2 Å². The number of aromatic nitrogens is 4. The van der Waals surface area contributed by atoms with Gasteiger partial charge in [-0.25, -0.2) is 14.2 Å². The largest absolute Gasteiger partial charge is 0.488 e. The number of aliphatic hydroxyl groups excluding tert-OH is 1. The van der Waals surface area contributed by atoms with Gasteiger partial charge in [0, 0.05) is 29.9 Å². The summed E-state index contributed by atoms with van der Waals surface area (Å²) >= 11 is 0. The smallest absolute Gasteiger partial charge is 0.349 e. The van der Waals surface area contributed by atoms with E-state index in [9.17, 15) is 9.90 Å². The van der Waals surface area contributed by atoms with E-state index in [1.165, 1.54) is 6.20 Å². The van der Waals surface area contributed by atoms with Crippen LogP contribution in [-0.2, 0) is 17.8 Å². The van der Waals surface area contributed by atoms with Crippen LogP contribution in [0.15, 0.2) is 58.4 Å². The fourth-order valence-corrected chi connectivity index (χ4v) is 4.33. The zero-order valence-corrected chi connectivity index (χ0v) is 23.0. The molecule has 14 heteroatoms. The van der Waals surface area contributed by atoms with Gasteiger partial charge in [-0.2, -0.15) is 4.68 Å². The number of aryl methyl sites for hydroxylation is 1. The van der Waals surface area contributed by atoms with Crippen LogP contribution in [0.5, 0.6) is 5.75 Å². The molecule has 1 atom stereocenters. The first-order chi connectivity index (χ1) is 20.1. The van der Waals surface area contributed by atoms with Crippen LogP contribution >= 0.6 is 0 Å². The molecule has 0 bridgehead atoms. The Morgan fingerprint density at radius 2 is 2.02 bits per heavy atom.